The standard InChI is InChI=1S/C20H23F3N2O/c21-20(22,23)16-8-4-7-15(13-16)19(11-12-19)25-18(24)17(26)10-9-14-5-2-1-3-6-14/h1-8,13,17-18,25-26H,9-12,24H2. The van der Waals surface area contributed by atoms with E-state index in [4.69, 9.17) is 5.73 Å². The molecule has 0 heterocycles. The zero-order valence-corrected chi connectivity index (χ0v) is 14.3. The number of rotatable bonds is 7. The van der Waals surface area contributed by atoms with Crippen molar-refractivity contribution in [2.75, 3.05) is 0 Å². The molecule has 0 amide bonds. The van der Waals surface area contributed by atoms with Crippen molar-refractivity contribution in [2.45, 2.75) is 49.7 Å². The monoisotopic (exact) mass is 364 g/mol. The van der Waals surface area contributed by atoms with Crippen molar-refractivity contribution >= 4 is 0 Å². The van der Waals surface area contributed by atoms with Crippen LogP contribution in [0.15, 0.2) is 54.6 Å². The molecule has 2 unspecified atom stereocenters. The Hall–Kier alpha value is -1.89. The number of nitrogens with two attached hydrogens (primary N) is 1. The highest BCUT2D eigenvalue weighted by Gasteiger charge is 2.46. The summed E-state index contributed by atoms with van der Waals surface area (Å²) < 4.78 is 38.8. The second-order valence-corrected chi connectivity index (χ2v) is 6.92. The van der Waals surface area contributed by atoms with Gasteiger partial charge in [-0.3, -0.25) is 5.32 Å². The first kappa shape index (κ1) is 18.9. The number of hydrogen-bond donors (Lipinski definition) is 3. The van der Waals surface area contributed by atoms with Gasteiger partial charge in [-0.15, -0.1) is 0 Å². The summed E-state index contributed by atoms with van der Waals surface area (Å²) in [6, 6.07) is 15.1. The summed E-state index contributed by atoms with van der Waals surface area (Å²) >= 11 is 0. The van der Waals surface area contributed by atoms with Crippen molar-refractivity contribution < 1.29 is 18.3 Å². The molecule has 2 atom stereocenters. The van der Waals surface area contributed by atoms with E-state index in [2.05, 4.69) is 5.32 Å². The minimum atomic E-state index is -4.37. The molecule has 1 fully saturated rings. The van der Waals surface area contributed by atoms with Crippen molar-refractivity contribution in [3.63, 3.8) is 0 Å². The maximum Gasteiger partial charge on any atom is 0.416 e. The molecule has 0 saturated heterocycles. The number of alkyl halides is 3. The van der Waals surface area contributed by atoms with Crippen LogP contribution in [0.4, 0.5) is 13.2 Å². The fourth-order valence-electron chi connectivity index (χ4n) is 3.19. The first-order chi connectivity index (χ1) is 12.3. The van der Waals surface area contributed by atoms with Gasteiger partial charge >= 0.3 is 6.18 Å². The lowest BCUT2D eigenvalue weighted by Crippen LogP contribution is -2.51. The predicted octanol–water partition coefficient (Wildman–Crippen LogP) is 3.56. The highest BCUT2D eigenvalue weighted by Crippen LogP contribution is 2.47. The molecule has 0 aromatic heterocycles. The third kappa shape index (κ3) is 4.44. The molecule has 1 aliphatic carbocycles. The Labute approximate surface area is 151 Å². The summed E-state index contributed by atoms with van der Waals surface area (Å²) in [7, 11) is 0. The molecule has 1 saturated carbocycles. The maximum atomic E-state index is 12.9. The summed E-state index contributed by atoms with van der Waals surface area (Å²) in [5, 5.41) is 13.5. The number of benzene rings is 2. The molecular weight excluding hydrogens is 341 g/mol. The summed E-state index contributed by atoms with van der Waals surface area (Å²) in [4.78, 5) is 0. The van der Waals surface area contributed by atoms with Crippen LogP contribution >= 0.6 is 0 Å². The van der Waals surface area contributed by atoms with Gasteiger partial charge < -0.3 is 10.8 Å². The molecule has 3 rings (SSSR count). The molecule has 0 bridgehead atoms. The lowest BCUT2D eigenvalue weighted by molar-refractivity contribution is -0.137. The fourth-order valence-corrected chi connectivity index (χ4v) is 3.19. The minimum absolute atomic E-state index is 0.483. The van der Waals surface area contributed by atoms with Gasteiger partial charge in [-0.2, -0.15) is 13.2 Å². The average Bonchev–Trinajstić information content (AvgIpc) is 3.40. The zero-order chi connectivity index (χ0) is 18.8. The first-order valence-corrected chi connectivity index (χ1v) is 8.73. The molecule has 0 spiro atoms. The highest BCUT2D eigenvalue weighted by molar-refractivity contribution is 5.35. The molecule has 2 aromatic carbocycles. The van der Waals surface area contributed by atoms with E-state index in [1.54, 1.807) is 6.07 Å². The van der Waals surface area contributed by atoms with Crippen molar-refractivity contribution in [1.82, 2.24) is 5.32 Å². The zero-order valence-electron chi connectivity index (χ0n) is 14.3. The molecule has 3 nitrogen and oxygen atoms in total. The second-order valence-electron chi connectivity index (χ2n) is 6.92. The first-order valence-electron chi connectivity index (χ1n) is 8.73. The van der Waals surface area contributed by atoms with Crippen LogP contribution in [0.5, 0.6) is 0 Å². The topological polar surface area (TPSA) is 58.3 Å². The third-order valence-corrected chi connectivity index (χ3v) is 4.92. The van der Waals surface area contributed by atoms with Crippen LogP contribution in [0.25, 0.3) is 0 Å². The van der Waals surface area contributed by atoms with Crippen molar-refractivity contribution in [1.29, 1.82) is 0 Å². The normalized spacial score (nSPS) is 18.3. The number of halogens is 3. The Morgan fingerprint density at radius 1 is 1.08 bits per heavy atom. The highest BCUT2D eigenvalue weighted by atomic mass is 19.4. The fraction of sp³-hybridized carbons (Fsp3) is 0.400. The van der Waals surface area contributed by atoms with Gasteiger partial charge in [0.1, 0.15) is 0 Å². The Balaban J connectivity index is 1.62. The summed E-state index contributed by atoms with van der Waals surface area (Å²) in [6.07, 6.45) is -3.27. The number of aliphatic hydroxyl groups excluding tert-OH is 1. The second kappa shape index (κ2) is 7.39. The Kier molecular flexibility index (Phi) is 5.37. The smallest absolute Gasteiger partial charge is 0.390 e. The minimum Gasteiger partial charge on any atom is -0.390 e. The van der Waals surface area contributed by atoms with Gasteiger partial charge in [0.15, 0.2) is 0 Å². The van der Waals surface area contributed by atoms with E-state index < -0.39 is 29.5 Å². The van der Waals surface area contributed by atoms with Crippen LogP contribution in [0.2, 0.25) is 0 Å². The quantitative estimate of drug-likeness (QED) is 0.659. The van der Waals surface area contributed by atoms with Crippen LogP contribution in [0.3, 0.4) is 0 Å². The molecular formula is C20H23F3N2O. The predicted molar refractivity (Wildman–Crippen MR) is 94.2 cm³/mol. The van der Waals surface area contributed by atoms with E-state index in [0.717, 1.165) is 11.6 Å². The molecule has 1 aliphatic rings. The largest absolute Gasteiger partial charge is 0.416 e. The van der Waals surface area contributed by atoms with Gasteiger partial charge in [0, 0.05) is 5.54 Å². The van der Waals surface area contributed by atoms with E-state index in [1.165, 1.54) is 12.1 Å². The van der Waals surface area contributed by atoms with E-state index >= 15 is 0 Å². The average molecular weight is 364 g/mol. The number of nitrogens with one attached hydrogen (secondary N) is 1. The van der Waals surface area contributed by atoms with E-state index in [1.807, 2.05) is 30.3 Å². The van der Waals surface area contributed by atoms with Crippen LogP contribution in [0.1, 0.15) is 36.0 Å². The Bertz CT molecular complexity index is 729. The van der Waals surface area contributed by atoms with Crippen LogP contribution < -0.4 is 11.1 Å². The van der Waals surface area contributed by atoms with E-state index in [9.17, 15) is 18.3 Å². The van der Waals surface area contributed by atoms with Crippen LogP contribution in [0, 0.1) is 0 Å². The van der Waals surface area contributed by atoms with Crippen LogP contribution in [-0.2, 0) is 18.1 Å². The Morgan fingerprint density at radius 2 is 1.77 bits per heavy atom. The summed E-state index contributed by atoms with van der Waals surface area (Å²) in [5.74, 6) is 0. The third-order valence-electron chi connectivity index (χ3n) is 4.92. The van der Waals surface area contributed by atoms with Gasteiger partial charge in [0.2, 0.25) is 0 Å². The molecule has 6 heteroatoms. The van der Waals surface area contributed by atoms with Crippen LogP contribution in [-0.4, -0.2) is 17.4 Å². The van der Waals surface area contributed by atoms with Crippen molar-refractivity contribution in [3.05, 3.63) is 71.3 Å². The number of aliphatic hydroxyl groups is 1. The van der Waals surface area contributed by atoms with Gasteiger partial charge in [-0.25, -0.2) is 0 Å². The van der Waals surface area contributed by atoms with E-state index in [0.29, 0.717) is 31.2 Å². The molecule has 140 valence electrons. The number of aryl methyl sites for hydroxylation is 1. The number of hydrogen-bond acceptors (Lipinski definition) is 3. The van der Waals surface area contributed by atoms with Gasteiger partial charge in [-0.05, 0) is 48.9 Å². The Morgan fingerprint density at radius 3 is 2.38 bits per heavy atom. The van der Waals surface area contributed by atoms with Gasteiger partial charge in [0.25, 0.3) is 0 Å². The van der Waals surface area contributed by atoms with Gasteiger partial charge in [-0.1, -0.05) is 42.5 Å². The van der Waals surface area contributed by atoms with Crippen molar-refractivity contribution in [3.8, 4) is 0 Å². The molecule has 4 N–H and O–H groups in total. The summed E-state index contributed by atoms with van der Waals surface area (Å²) in [5.41, 5.74) is 6.52. The molecule has 26 heavy (non-hydrogen) atoms. The molecule has 0 radical (unpaired) electrons. The lowest BCUT2D eigenvalue weighted by atomic mass is 10.00. The SMILES string of the molecule is NC(NC1(c2cccc(C(F)(F)F)c2)CC1)C(O)CCc1ccccc1. The van der Waals surface area contributed by atoms with E-state index in [-0.39, 0.29) is 0 Å². The lowest BCUT2D eigenvalue weighted by Gasteiger charge is -2.27. The summed E-state index contributed by atoms with van der Waals surface area (Å²) in [6.45, 7) is 0. The molecule has 2 aromatic rings. The van der Waals surface area contributed by atoms with Gasteiger partial charge in [0.05, 0.1) is 17.8 Å². The maximum absolute atomic E-state index is 12.9. The molecule has 0 aliphatic heterocycles. The van der Waals surface area contributed by atoms with Crippen molar-refractivity contribution in [2.24, 2.45) is 5.73 Å².